The van der Waals surface area contributed by atoms with Crippen molar-refractivity contribution in [3.05, 3.63) is 28.2 Å². The molecule has 2 N–H and O–H groups in total. The monoisotopic (exact) mass is 316 g/mol. The predicted octanol–water partition coefficient (Wildman–Crippen LogP) is 4.35. The lowest BCUT2D eigenvalue weighted by Gasteiger charge is -2.17. The number of anilines is 1. The molecule has 1 rings (SSSR count). The number of benzene rings is 1. The summed E-state index contributed by atoms with van der Waals surface area (Å²) in [7, 11) is 0. The maximum Gasteiger partial charge on any atom is 0.238 e. The fraction of sp³-hybridized carbons (Fsp3) is 0.533. The van der Waals surface area contributed by atoms with Crippen molar-refractivity contribution in [2.75, 3.05) is 11.9 Å². The molecule has 0 heterocycles. The Kier molecular flexibility index (Phi) is 7.35. The Morgan fingerprint density at radius 1 is 1.25 bits per heavy atom. The number of hydrogen-bond donors (Lipinski definition) is 2. The zero-order valence-electron chi connectivity index (χ0n) is 12.2. The van der Waals surface area contributed by atoms with Crippen LogP contribution in [0, 0.1) is 5.92 Å². The summed E-state index contributed by atoms with van der Waals surface area (Å²) in [6, 6.07) is 5.44. The van der Waals surface area contributed by atoms with Crippen LogP contribution in [0.4, 0.5) is 5.69 Å². The number of amides is 1. The van der Waals surface area contributed by atoms with Crippen molar-refractivity contribution >= 4 is 34.8 Å². The number of carbonyl (C=O) groups excluding carboxylic acids is 1. The highest BCUT2D eigenvalue weighted by molar-refractivity contribution is 6.39. The fourth-order valence-electron chi connectivity index (χ4n) is 1.92. The van der Waals surface area contributed by atoms with Crippen LogP contribution in [-0.4, -0.2) is 18.5 Å². The molecular formula is C15H22Cl2N2O. The Morgan fingerprint density at radius 2 is 1.85 bits per heavy atom. The van der Waals surface area contributed by atoms with E-state index in [1.807, 2.05) is 0 Å². The van der Waals surface area contributed by atoms with Gasteiger partial charge in [0.25, 0.3) is 0 Å². The van der Waals surface area contributed by atoms with E-state index in [0.29, 0.717) is 27.7 Å². The van der Waals surface area contributed by atoms with Crippen LogP contribution in [0.3, 0.4) is 0 Å². The number of rotatable bonds is 7. The number of nitrogens with one attached hydrogen (secondary N) is 2. The molecule has 112 valence electrons. The average molecular weight is 317 g/mol. The lowest BCUT2D eigenvalue weighted by atomic mass is 10.0. The molecule has 0 saturated carbocycles. The second-order valence-electron chi connectivity index (χ2n) is 5.18. The second kappa shape index (κ2) is 8.50. The SMILES string of the molecule is CCC(C)CC(C)NCC(=O)Nc1c(Cl)cccc1Cl. The van der Waals surface area contributed by atoms with E-state index in [1.165, 1.54) is 0 Å². The number of halogens is 2. The summed E-state index contributed by atoms with van der Waals surface area (Å²) in [5.41, 5.74) is 0.470. The molecule has 0 bridgehead atoms. The predicted molar refractivity (Wildman–Crippen MR) is 86.6 cm³/mol. The highest BCUT2D eigenvalue weighted by atomic mass is 35.5. The molecule has 2 atom stereocenters. The minimum Gasteiger partial charge on any atom is -0.322 e. The van der Waals surface area contributed by atoms with Gasteiger partial charge in [-0.3, -0.25) is 4.79 Å². The zero-order chi connectivity index (χ0) is 15.1. The van der Waals surface area contributed by atoms with Gasteiger partial charge < -0.3 is 10.6 Å². The molecule has 0 aliphatic carbocycles. The maximum atomic E-state index is 11.9. The van der Waals surface area contributed by atoms with E-state index in [0.717, 1.165) is 12.8 Å². The Morgan fingerprint density at radius 3 is 2.40 bits per heavy atom. The van der Waals surface area contributed by atoms with Gasteiger partial charge in [-0.15, -0.1) is 0 Å². The van der Waals surface area contributed by atoms with Gasteiger partial charge in [-0.25, -0.2) is 0 Å². The molecular weight excluding hydrogens is 295 g/mol. The Bertz CT molecular complexity index is 431. The van der Waals surface area contributed by atoms with Crippen molar-refractivity contribution in [1.29, 1.82) is 0 Å². The Labute approximate surface area is 131 Å². The van der Waals surface area contributed by atoms with E-state index >= 15 is 0 Å². The first kappa shape index (κ1) is 17.3. The lowest BCUT2D eigenvalue weighted by Crippen LogP contribution is -2.35. The van der Waals surface area contributed by atoms with Gasteiger partial charge in [0.2, 0.25) is 5.91 Å². The van der Waals surface area contributed by atoms with Gasteiger partial charge >= 0.3 is 0 Å². The first-order valence-corrected chi connectivity index (χ1v) is 7.66. The molecule has 0 aliphatic heterocycles. The molecule has 0 aliphatic rings. The van der Waals surface area contributed by atoms with Gasteiger partial charge in [-0.1, -0.05) is 49.5 Å². The topological polar surface area (TPSA) is 41.1 Å². The molecule has 0 fully saturated rings. The number of carbonyl (C=O) groups is 1. The number of hydrogen-bond acceptors (Lipinski definition) is 2. The van der Waals surface area contributed by atoms with E-state index < -0.39 is 0 Å². The molecule has 1 aromatic carbocycles. The van der Waals surface area contributed by atoms with Gasteiger partial charge in [0.15, 0.2) is 0 Å². The zero-order valence-corrected chi connectivity index (χ0v) is 13.7. The summed E-state index contributed by atoms with van der Waals surface area (Å²) < 4.78 is 0. The Hall–Kier alpha value is -0.770. The summed E-state index contributed by atoms with van der Waals surface area (Å²) in [5.74, 6) is 0.509. The van der Waals surface area contributed by atoms with Crippen molar-refractivity contribution in [3.63, 3.8) is 0 Å². The average Bonchev–Trinajstić information content (AvgIpc) is 2.40. The molecule has 3 nitrogen and oxygen atoms in total. The van der Waals surface area contributed by atoms with Gasteiger partial charge in [0.1, 0.15) is 0 Å². The van der Waals surface area contributed by atoms with E-state index in [-0.39, 0.29) is 12.5 Å². The highest BCUT2D eigenvalue weighted by Crippen LogP contribution is 2.29. The highest BCUT2D eigenvalue weighted by Gasteiger charge is 2.11. The maximum absolute atomic E-state index is 11.9. The van der Waals surface area contributed by atoms with E-state index in [1.54, 1.807) is 18.2 Å². The quantitative estimate of drug-likeness (QED) is 0.785. The van der Waals surface area contributed by atoms with E-state index in [9.17, 15) is 4.79 Å². The third kappa shape index (κ3) is 5.70. The van der Waals surface area contributed by atoms with Crippen molar-refractivity contribution in [3.8, 4) is 0 Å². The first-order chi connectivity index (χ1) is 9.43. The van der Waals surface area contributed by atoms with Crippen LogP contribution in [0.25, 0.3) is 0 Å². The Balaban J connectivity index is 2.44. The molecule has 20 heavy (non-hydrogen) atoms. The van der Waals surface area contributed by atoms with Crippen molar-refractivity contribution in [2.45, 2.75) is 39.7 Å². The van der Waals surface area contributed by atoms with Gasteiger partial charge in [0.05, 0.1) is 22.3 Å². The van der Waals surface area contributed by atoms with Crippen molar-refractivity contribution in [2.24, 2.45) is 5.92 Å². The largest absolute Gasteiger partial charge is 0.322 e. The fourth-order valence-corrected chi connectivity index (χ4v) is 2.41. The molecule has 1 amide bonds. The minimum atomic E-state index is -0.143. The molecule has 0 saturated heterocycles. The van der Waals surface area contributed by atoms with Crippen molar-refractivity contribution < 1.29 is 4.79 Å². The summed E-state index contributed by atoms with van der Waals surface area (Å²) in [5, 5.41) is 6.83. The third-order valence-electron chi connectivity index (χ3n) is 3.29. The molecule has 0 spiro atoms. The smallest absolute Gasteiger partial charge is 0.238 e. The van der Waals surface area contributed by atoms with Crippen LogP contribution >= 0.6 is 23.2 Å². The van der Waals surface area contributed by atoms with Crippen LogP contribution in [-0.2, 0) is 4.79 Å². The molecule has 1 aromatic rings. The van der Waals surface area contributed by atoms with Crippen LogP contribution in [0.15, 0.2) is 18.2 Å². The lowest BCUT2D eigenvalue weighted by molar-refractivity contribution is -0.115. The summed E-state index contributed by atoms with van der Waals surface area (Å²) in [6.45, 7) is 6.71. The normalized spacial score (nSPS) is 13.8. The van der Waals surface area contributed by atoms with Gasteiger partial charge in [0, 0.05) is 6.04 Å². The van der Waals surface area contributed by atoms with Gasteiger partial charge in [-0.2, -0.15) is 0 Å². The summed E-state index contributed by atoms with van der Waals surface area (Å²) >= 11 is 12.0. The van der Waals surface area contributed by atoms with Crippen LogP contribution in [0.2, 0.25) is 10.0 Å². The molecule has 0 radical (unpaired) electrons. The van der Waals surface area contributed by atoms with Crippen LogP contribution < -0.4 is 10.6 Å². The van der Waals surface area contributed by atoms with Crippen LogP contribution in [0.5, 0.6) is 0 Å². The summed E-state index contributed by atoms with van der Waals surface area (Å²) in [6.07, 6.45) is 2.20. The molecule has 2 unspecified atom stereocenters. The summed E-state index contributed by atoms with van der Waals surface area (Å²) in [4.78, 5) is 11.9. The van der Waals surface area contributed by atoms with Crippen LogP contribution in [0.1, 0.15) is 33.6 Å². The first-order valence-electron chi connectivity index (χ1n) is 6.91. The second-order valence-corrected chi connectivity index (χ2v) is 5.99. The minimum absolute atomic E-state index is 0.143. The van der Waals surface area contributed by atoms with Gasteiger partial charge in [-0.05, 0) is 31.4 Å². The van der Waals surface area contributed by atoms with Crippen molar-refractivity contribution in [1.82, 2.24) is 5.32 Å². The number of para-hydroxylation sites is 1. The standard InChI is InChI=1S/C15H22Cl2N2O/c1-4-10(2)8-11(3)18-9-14(20)19-15-12(16)6-5-7-13(15)17/h5-7,10-11,18H,4,8-9H2,1-3H3,(H,19,20). The molecule has 5 heteroatoms. The van der Waals surface area contributed by atoms with E-state index in [2.05, 4.69) is 31.4 Å². The molecule has 0 aromatic heterocycles. The third-order valence-corrected chi connectivity index (χ3v) is 3.92. The van der Waals surface area contributed by atoms with E-state index in [4.69, 9.17) is 23.2 Å².